The van der Waals surface area contributed by atoms with E-state index in [0.717, 1.165) is 25.8 Å². The minimum atomic E-state index is -0.355. The fraction of sp³-hybridized carbons (Fsp3) is 0.533. The molecule has 104 valence electrons. The number of para-hydroxylation sites is 1. The highest BCUT2D eigenvalue weighted by atomic mass is 19.1. The lowest BCUT2D eigenvalue weighted by atomic mass is 10.1. The number of halogens is 1. The van der Waals surface area contributed by atoms with Gasteiger partial charge in [0.1, 0.15) is 5.82 Å². The molecular weight excluding hydrogens is 243 g/mol. The molecule has 0 saturated carbocycles. The van der Waals surface area contributed by atoms with Gasteiger partial charge in [0.2, 0.25) is 0 Å². The summed E-state index contributed by atoms with van der Waals surface area (Å²) in [6, 6.07) is 4.94. The van der Waals surface area contributed by atoms with Gasteiger partial charge in [-0.3, -0.25) is 4.79 Å². The molecule has 19 heavy (non-hydrogen) atoms. The standard InChI is InChI=1S/C15H21FN2O/c1-3-9-17-14-12(7-4-8-13(14)16)15(19)18-10-5-6-11(18)2/h4,7-8,11,17H,3,5-6,9-10H2,1-2H3. The third-order valence-corrected chi connectivity index (χ3v) is 3.61. The molecule has 2 rings (SSSR count). The van der Waals surface area contributed by atoms with Gasteiger partial charge in [0, 0.05) is 19.1 Å². The third-order valence-electron chi connectivity index (χ3n) is 3.61. The molecule has 1 aromatic carbocycles. The van der Waals surface area contributed by atoms with E-state index in [1.165, 1.54) is 6.07 Å². The number of hydrogen-bond donors (Lipinski definition) is 1. The van der Waals surface area contributed by atoms with E-state index in [1.54, 1.807) is 12.1 Å². The van der Waals surface area contributed by atoms with Crippen molar-refractivity contribution in [3.05, 3.63) is 29.6 Å². The molecule has 1 aromatic rings. The van der Waals surface area contributed by atoms with E-state index in [1.807, 2.05) is 18.7 Å². The molecule has 1 unspecified atom stereocenters. The summed E-state index contributed by atoms with van der Waals surface area (Å²) in [6.45, 7) is 5.49. The molecule has 1 atom stereocenters. The summed E-state index contributed by atoms with van der Waals surface area (Å²) in [7, 11) is 0. The fourth-order valence-corrected chi connectivity index (χ4v) is 2.52. The average molecular weight is 264 g/mol. The van der Waals surface area contributed by atoms with Crippen LogP contribution in [0.25, 0.3) is 0 Å². The number of likely N-dealkylation sites (tertiary alicyclic amines) is 1. The number of nitrogens with zero attached hydrogens (tertiary/aromatic N) is 1. The smallest absolute Gasteiger partial charge is 0.256 e. The molecule has 4 heteroatoms. The van der Waals surface area contributed by atoms with Crippen LogP contribution in [0.5, 0.6) is 0 Å². The van der Waals surface area contributed by atoms with Crippen molar-refractivity contribution in [2.24, 2.45) is 0 Å². The summed E-state index contributed by atoms with van der Waals surface area (Å²) < 4.78 is 13.9. The molecule has 1 heterocycles. The van der Waals surface area contributed by atoms with E-state index in [-0.39, 0.29) is 17.8 Å². The maximum atomic E-state index is 13.9. The fourth-order valence-electron chi connectivity index (χ4n) is 2.52. The number of carbonyl (C=O) groups is 1. The Morgan fingerprint density at radius 3 is 2.95 bits per heavy atom. The summed E-state index contributed by atoms with van der Waals surface area (Å²) >= 11 is 0. The van der Waals surface area contributed by atoms with Crippen molar-refractivity contribution in [3.63, 3.8) is 0 Å². The normalized spacial score (nSPS) is 18.7. The predicted molar refractivity (Wildman–Crippen MR) is 74.9 cm³/mol. The van der Waals surface area contributed by atoms with Crippen LogP contribution in [-0.4, -0.2) is 29.9 Å². The lowest BCUT2D eigenvalue weighted by Gasteiger charge is -2.23. The van der Waals surface area contributed by atoms with Crippen molar-refractivity contribution in [1.82, 2.24) is 4.90 Å². The first-order valence-corrected chi connectivity index (χ1v) is 6.98. The van der Waals surface area contributed by atoms with E-state index in [2.05, 4.69) is 5.32 Å². The van der Waals surface area contributed by atoms with Gasteiger partial charge in [0.05, 0.1) is 11.3 Å². The summed E-state index contributed by atoms with van der Waals surface area (Å²) in [5, 5.41) is 3.03. The van der Waals surface area contributed by atoms with Crippen LogP contribution in [0.3, 0.4) is 0 Å². The lowest BCUT2D eigenvalue weighted by Crippen LogP contribution is -2.34. The molecule has 0 aliphatic carbocycles. The second kappa shape index (κ2) is 6.04. The molecule has 1 N–H and O–H groups in total. The Kier molecular flexibility index (Phi) is 4.40. The molecule has 0 aromatic heterocycles. The van der Waals surface area contributed by atoms with Crippen LogP contribution < -0.4 is 5.32 Å². The summed E-state index contributed by atoms with van der Waals surface area (Å²) in [4.78, 5) is 14.4. The van der Waals surface area contributed by atoms with Crippen LogP contribution in [-0.2, 0) is 0 Å². The maximum Gasteiger partial charge on any atom is 0.256 e. The highest BCUT2D eigenvalue weighted by molar-refractivity contribution is 6.00. The van der Waals surface area contributed by atoms with Gasteiger partial charge < -0.3 is 10.2 Å². The summed E-state index contributed by atoms with van der Waals surface area (Å²) in [5.74, 6) is -0.422. The zero-order chi connectivity index (χ0) is 13.8. The largest absolute Gasteiger partial charge is 0.382 e. The molecule has 0 spiro atoms. The quantitative estimate of drug-likeness (QED) is 0.905. The van der Waals surface area contributed by atoms with Crippen LogP contribution in [0.4, 0.5) is 10.1 Å². The van der Waals surface area contributed by atoms with E-state index < -0.39 is 0 Å². The van der Waals surface area contributed by atoms with Crippen LogP contribution in [0.1, 0.15) is 43.5 Å². The van der Waals surface area contributed by atoms with Gasteiger partial charge >= 0.3 is 0 Å². The van der Waals surface area contributed by atoms with Crippen LogP contribution in [0, 0.1) is 5.82 Å². The van der Waals surface area contributed by atoms with Crippen LogP contribution in [0.15, 0.2) is 18.2 Å². The second-order valence-electron chi connectivity index (χ2n) is 5.08. The Morgan fingerprint density at radius 2 is 2.32 bits per heavy atom. The average Bonchev–Trinajstić information content (AvgIpc) is 2.82. The molecule has 1 amide bonds. The molecule has 1 aliphatic heterocycles. The first kappa shape index (κ1) is 13.8. The highest BCUT2D eigenvalue weighted by Gasteiger charge is 2.28. The predicted octanol–water partition coefficient (Wildman–Crippen LogP) is 3.27. The number of hydrogen-bond acceptors (Lipinski definition) is 2. The van der Waals surface area contributed by atoms with Crippen LogP contribution in [0.2, 0.25) is 0 Å². The van der Waals surface area contributed by atoms with Gasteiger partial charge in [0.25, 0.3) is 5.91 Å². The van der Waals surface area contributed by atoms with E-state index in [0.29, 0.717) is 17.8 Å². The number of carbonyl (C=O) groups excluding carboxylic acids is 1. The number of rotatable bonds is 4. The van der Waals surface area contributed by atoms with Crippen molar-refractivity contribution in [2.75, 3.05) is 18.4 Å². The zero-order valence-electron chi connectivity index (χ0n) is 11.6. The van der Waals surface area contributed by atoms with E-state index >= 15 is 0 Å². The first-order valence-electron chi connectivity index (χ1n) is 6.98. The lowest BCUT2D eigenvalue weighted by molar-refractivity contribution is 0.0748. The number of amides is 1. The van der Waals surface area contributed by atoms with Crippen molar-refractivity contribution in [2.45, 2.75) is 39.2 Å². The topological polar surface area (TPSA) is 32.3 Å². The van der Waals surface area contributed by atoms with Gasteiger partial charge in [0.15, 0.2) is 0 Å². The maximum absolute atomic E-state index is 13.9. The Bertz CT molecular complexity index is 461. The minimum Gasteiger partial charge on any atom is -0.382 e. The van der Waals surface area contributed by atoms with Gasteiger partial charge in [-0.2, -0.15) is 0 Å². The Balaban J connectivity index is 2.27. The SMILES string of the molecule is CCCNc1c(F)cccc1C(=O)N1CCCC1C. The van der Waals surface area contributed by atoms with Gasteiger partial charge in [-0.15, -0.1) is 0 Å². The monoisotopic (exact) mass is 264 g/mol. The third kappa shape index (κ3) is 2.88. The number of nitrogens with one attached hydrogen (secondary N) is 1. The molecule has 1 fully saturated rings. The molecule has 3 nitrogen and oxygen atoms in total. The van der Waals surface area contributed by atoms with Crippen molar-refractivity contribution < 1.29 is 9.18 Å². The molecule has 0 bridgehead atoms. The highest BCUT2D eigenvalue weighted by Crippen LogP contribution is 2.25. The van der Waals surface area contributed by atoms with Crippen molar-refractivity contribution in [3.8, 4) is 0 Å². The molecule has 0 radical (unpaired) electrons. The van der Waals surface area contributed by atoms with Gasteiger partial charge in [-0.1, -0.05) is 13.0 Å². The van der Waals surface area contributed by atoms with Gasteiger partial charge in [-0.25, -0.2) is 4.39 Å². The Hall–Kier alpha value is -1.58. The number of anilines is 1. The Labute approximate surface area is 113 Å². The molecule has 1 aliphatic rings. The summed E-state index contributed by atoms with van der Waals surface area (Å²) in [5.41, 5.74) is 0.788. The Morgan fingerprint density at radius 1 is 1.53 bits per heavy atom. The van der Waals surface area contributed by atoms with Crippen LogP contribution >= 0.6 is 0 Å². The molecular formula is C15H21FN2O. The van der Waals surface area contributed by atoms with Crippen molar-refractivity contribution >= 4 is 11.6 Å². The van der Waals surface area contributed by atoms with Crippen molar-refractivity contribution in [1.29, 1.82) is 0 Å². The summed E-state index contributed by atoms with van der Waals surface area (Å²) in [6.07, 6.45) is 2.95. The first-order chi connectivity index (χ1) is 9.15. The molecule has 1 saturated heterocycles. The number of benzene rings is 1. The second-order valence-corrected chi connectivity index (χ2v) is 5.08. The van der Waals surface area contributed by atoms with E-state index in [4.69, 9.17) is 0 Å². The van der Waals surface area contributed by atoms with E-state index in [9.17, 15) is 9.18 Å². The minimum absolute atomic E-state index is 0.0666. The van der Waals surface area contributed by atoms with Gasteiger partial charge in [-0.05, 0) is 38.3 Å². The zero-order valence-corrected chi connectivity index (χ0v) is 11.6.